The monoisotopic (exact) mass is 343 g/mol. The van der Waals surface area contributed by atoms with Gasteiger partial charge < -0.3 is 4.74 Å². The maximum Gasteiger partial charge on any atom is 0.0753 e. The first-order valence-electron chi connectivity index (χ1n) is 8.17. The quantitative estimate of drug-likeness (QED) is 0.653. The fourth-order valence-corrected chi connectivity index (χ4v) is 3.13. The van der Waals surface area contributed by atoms with Crippen LogP contribution >= 0.6 is 11.6 Å². The number of rotatable bonds is 5. The first kappa shape index (κ1) is 17.0. The summed E-state index contributed by atoms with van der Waals surface area (Å²) in [5.41, 5.74) is 6.15. The average Bonchev–Trinajstić information content (AvgIpc) is 2.63. The Morgan fingerprint density at radius 1 is 1.08 bits per heavy atom. The van der Waals surface area contributed by atoms with Gasteiger partial charge in [-0.25, -0.2) is 0 Å². The minimum absolute atomic E-state index is 0.130. The Balaban J connectivity index is 1.84. The number of para-hydroxylation sites is 1. The van der Waals surface area contributed by atoms with E-state index in [1.165, 1.54) is 5.56 Å². The highest BCUT2D eigenvalue weighted by Crippen LogP contribution is 2.25. The van der Waals surface area contributed by atoms with E-state index in [0.29, 0.717) is 5.02 Å². The highest BCUT2D eigenvalue weighted by atomic mass is 35.5. The van der Waals surface area contributed by atoms with Crippen molar-refractivity contribution in [3.05, 3.63) is 65.2 Å². The number of halogens is 1. The van der Waals surface area contributed by atoms with Crippen LogP contribution in [0.25, 0.3) is 0 Å². The zero-order valence-electron chi connectivity index (χ0n) is 13.8. The molecule has 0 radical (unpaired) electrons. The Kier molecular flexibility index (Phi) is 5.86. The van der Waals surface area contributed by atoms with E-state index in [0.717, 1.165) is 37.7 Å². The molecule has 1 fully saturated rings. The van der Waals surface area contributed by atoms with Gasteiger partial charge in [-0.15, -0.1) is 0 Å². The van der Waals surface area contributed by atoms with Crippen LogP contribution < -0.4 is 5.43 Å². The fourth-order valence-electron chi connectivity index (χ4n) is 2.95. The minimum atomic E-state index is 0.130. The van der Waals surface area contributed by atoms with E-state index in [9.17, 15) is 0 Å². The summed E-state index contributed by atoms with van der Waals surface area (Å²) in [6, 6.07) is 18.2. The maximum atomic E-state index is 6.19. The molecule has 2 aromatic carbocycles. The van der Waals surface area contributed by atoms with E-state index in [2.05, 4.69) is 46.6 Å². The Labute approximate surface area is 148 Å². The number of anilines is 1. The molecular formula is C19H22ClN3O. The van der Waals surface area contributed by atoms with Crippen LogP contribution in [0.4, 0.5) is 5.69 Å². The third kappa shape index (κ3) is 4.15. The van der Waals surface area contributed by atoms with Crippen molar-refractivity contribution in [1.82, 2.24) is 4.90 Å². The normalized spacial score (nSPS) is 17.5. The number of hydrogen-bond acceptors (Lipinski definition) is 4. The van der Waals surface area contributed by atoms with E-state index < -0.39 is 0 Å². The molecule has 0 amide bonds. The summed E-state index contributed by atoms with van der Waals surface area (Å²) in [6.45, 7) is 5.37. The van der Waals surface area contributed by atoms with Crippen molar-refractivity contribution in [2.45, 2.75) is 13.0 Å². The predicted molar refractivity (Wildman–Crippen MR) is 99.8 cm³/mol. The molecule has 126 valence electrons. The summed E-state index contributed by atoms with van der Waals surface area (Å²) in [5, 5.41) is 5.27. The zero-order chi connectivity index (χ0) is 16.8. The number of hydrogen-bond donors (Lipinski definition) is 1. The van der Waals surface area contributed by atoms with Gasteiger partial charge >= 0.3 is 0 Å². The van der Waals surface area contributed by atoms with Gasteiger partial charge in [0, 0.05) is 13.1 Å². The Bertz CT molecular complexity index is 684. The molecule has 1 aliphatic heterocycles. The zero-order valence-corrected chi connectivity index (χ0v) is 14.5. The van der Waals surface area contributed by atoms with Crippen LogP contribution in [0.1, 0.15) is 18.5 Å². The second-order valence-electron chi connectivity index (χ2n) is 5.81. The molecule has 4 nitrogen and oxygen atoms in total. The van der Waals surface area contributed by atoms with Crippen LogP contribution in [0, 0.1) is 0 Å². The third-order valence-electron chi connectivity index (χ3n) is 4.15. The molecule has 1 aliphatic rings. The van der Waals surface area contributed by atoms with Crippen LogP contribution in [0.2, 0.25) is 5.02 Å². The molecule has 1 saturated heterocycles. The lowest BCUT2D eigenvalue weighted by Crippen LogP contribution is -2.41. The molecule has 0 aromatic heterocycles. The fraction of sp³-hybridized carbons (Fsp3) is 0.316. The minimum Gasteiger partial charge on any atom is -0.379 e. The summed E-state index contributed by atoms with van der Waals surface area (Å²) in [7, 11) is 0. The summed E-state index contributed by atoms with van der Waals surface area (Å²) < 4.78 is 5.50. The van der Waals surface area contributed by atoms with Gasteiger partial charge in [0.05, 0.1) is 35.7 Å². The van der Waals surface area contributed by atoms with Crippen molar-refractivity contribution >= 4 is 23.0 Å². The molecular weight excluding hydrogens is 322 g/mol. The van der Waals surface area contributed by atoms with Crippen molar-refractivity contribution in [2.24, 2.45) is 5.10 Å². The molecule has 1 heterocycles. The van der Waals surface area contributed by atoms with Crippen LogP contribution in [0.15, 0.2) is 59.7 Å². The smallest absolute Gasteiger partial charge is 0.0753 e. The first-order chi connectivity index (χ1) is 11.8. The van der Waals surface area contributed by atoms with Crippen LogP contribution in [0.5, 0.6) is 0 Å². The van der Waals surface area contributed by atoms with Gasteiger partial charge in [0.2, 0.25) is 0 Å². The van der Waals surface area contributed by atoms with Gasteiger partial charge in [-0.3, -0.25) is 10.3 Å². The largest absolute Gasteiger partial charge is 0.379 e. The molecule has 0 unspecified atom stereocenters. The molecule has 2 aromatic rings. The molecule has 0 spiro atoms. The first-order valence-corrected chi connectivity index (χ1v) is 8.55. The number of nitrogens with zero attached hydrogens (tertiary/aromatic N) is 2. The number of ether oxygens (including phenoxy) is 1. The van der Waals surface area contributed by atoms with Crippen LogP contribution in [0.3, 0.4) is 0 Å². The van der Waals surface area contributed by atoms with Gasteiger partial charge in [-0.05, 0) is 24.6 Å². The SMILES string of the molecule is C/C(=N/Nc1ccccc1Cl)[C@H](c1ccccc1)N1CCOCC1. The van der Waals surface area contributed by atoms with Crippen molar-refractivity contribution < 1.29 is 4.74 Å². The molecule has 1 N–H and O–H groups in total. The second-order valence-corrected chi connectivity index (χ2v) is 6.21. The molecule has 1 atom stereocenters. The number of hydrazone groups is 1. The van der Waals surface area contributed by atoms with E-state index >= 15 is 0 Å². The van der Waals surface area contributed by atoms with Crippen molar-refractivity contribution in [3.8, 4) is 0 Å². The third-order valence-corrected chi connectivity index (χ3v) is 4.48. The van der Waals surface area contributed by atoms with Gasteiger partial charge in [0.15, 0.2) is 0 Å². The molecule has 0 bridgehead atoms. The van der Waals surface area contributed by atoms with Gasteiger partial charge in [-0.2, -0.15) is 5.10 Å². The van der Waals surface area contributed by atoms with Crippen LogP contribution in [-0.2, 0) is 4.74 Å². The van der Waals surface area contributed by atoms with Gasteiger partial charge in [0.25, 0.3) is 0 Å². The lowest BCUT2D eigenvalue weighted by atomic mass is 10.0. The van der Waals surface area contributed by atoms with Crippen molar-refractivity contribution in [3.63, 3.8) is 0 Å². The molecule has 0 aliphatic carbocycles. The molecule has 0 saturated carbocycles. The second kappa shape index (κ2) is 8.29. The van der Waals surface area contributed by atoms with E-state index in [4.69, 9.17) is 16.3 Å². The lowest BCUT2D eigenvalue weighted by Gasteiger charge is -2.34. The van der Waals surface area contributed by atoms with Gasteiger partial charge in [0.1, 0.15) is 0 Å². The maximum absolute atomic E-state index is 6.19. The van der Waals surface area contributed by atoms with E-state index in [1.807, 2.05) is 30.3 Å². The van der Waals surface area contributed by atoms with E-state index in [1.54, 1.807) is 0 Å². The topological polar surface area (TPSA) is 36.9 Å². The highest BCUT2D eigenvalue weighted by Gasteiger charge is 2.25. The Hall–Kier alpha value is -1.88. The molecule has 24 heavy (non-hydrogen) atoms. The summed E-state index contributed by atoms with van der Waals surface area (Å²) in [6.07, 6.45) is 0. The molecule has 5 heteroatoms. The van der Waals surface area contributed by atoms with E-state index in [-0.39, 0.29) is 6.04 Å². The van der Waals surface area contributed by atoms with Crippen LogP contribution in [-0.4, -0.2) is 36.9 Å². The summed E-state index contributed by atoms with van der Waals surface area (Å²) in [4.78, 5) is 2.41. The standard InChI is InChI=1S/C19H22ClN3O/c1-15(21-22-18-10-6-5-9-17(18)20)19(16-7-3-2-4-8-16)23-11-13-24-14-12-23/h2-10,19,22H,11-14H2,1H3/b21-15-/t19-/m1/s1. The van der Waals surface area contributed by atoms with Gasteiger partial charge in [-0.1, -0.05) is 54.1 Å². The highest BCUT2D eigenvalue weighted by molar-refractivity contribution is 6.33. The Morgan fingerprint density at radius 2 is 1.75 bits per heavy atom. The number of nitrogens with one attached hydrogen (secondary N) is 1. The Morgan fingerprint density at radius 3 is 2.46 bits per heavy atom. The summed E-state index contributed by atoms with van der Waals surface area (Å²) in [5.74, 6) is 0. The van der Waals surface area contributed by atoms with Crippen molar-refractivity contribution in [1.29, 1.82) is 0 Å². The summed E-state index contributed by atoms with van der Waals surface area (Å²) >= 11 is 6.19. The predicted octanol–water partition coefficient (Wildman–Crippen LogP) is 4.20. The lowest BCUT2D eigenvalue weighted by molar-refractivity contribution is 0.0286. The van der Waals surface area contributed by atoms with Crippen molar-refractivity contribution in [2.75, 3.05) is 31.7 Å². The number of benzene rings is 2. The number of morpholine rings is 1. The molecule has 3 rings (SSSR count). The average molecular weight is 344 g/mol.